The lowest BCUT2D eigenvalue weighted by Crippen LogP contribution is -2.39. The smallest absolute Gasteiger partial charge is 0.191 e. The third-order valence-corrected chi connectivity index (χ3v) is 4.03. The number of hydrogen-bond acceptors (Lipinski definition) is 2. The molecule has 1 aromatic rings. The van der Waals surface area contributed by atoms with E-state index in [2.05, 4.69) is 15.6 Å². The lowest BCUT2D eigenvalue weighted by atomic mass is 10.1. The molecule has 1 unspecified atom stereocenters. The van der Waals surface area contributed by atoms with Crippen LogP contribution in [0.3, 0.4) is 0 Å². The SMILES string of the molecule is CN=C(NCCCC1CC1)NC(C)c1ccc(OC)c(F)c1.I. The summed E-state index contributed by atoms with van der Waals surface area (Å²) in [6, 6.07) is 4.97. The zero-order chi connectivity index (χ0) is 15.9. The maximum absolute atomic E-state index is 13.8. The number of guanidine groups is 1. The van der Waals surface area contributed by atoms with Crippen molar-refractivity contribution in [3.05, 3.63) is 29.6 Å². The molecule has 1 fully saturated rings. The molecule has 0 saturated heterocycles. The van der Waals surface area contributed by atoms with E-state index in [1.54, 1.807) is 13.1 Å². The monoisotopic (exact) mass is 435 g/mol. The fraction of sp³-hybridized carbons (Fsp3) is 0.588. The maximum atomic E-state index is 13.8. The Morgan fingerprint density at radius 1 is 1.43 bits per heavy atom. The average Bonchev–Trinajstić information content (AvgIpc) is 3.34. The maximum Gasteiger partial charge on any atom is 0.191 e. The van der Waals surface area contributed by atoms with Gasteiger partial charge in [0.05, 0.1) is 13.2 Å². The molecular formula is C17H27FIN3O. The summed E-state index contributed by atoms with van der Waals surface area (Å²) < 4.78 is 18.7. The molecule has 0 radical (unpaired) electrons. The molecule has 0 amide bonds. The Labute approximate surface area is 155 Å². The van der Waals surface area contributed by atoms with Crippen LogP contribution in [0.4, 0.5) is 4.39 Å². The van der Waals surface area contributed by atoms with Crippen LogP contribution < -0.4 is 15.4 Å². The normalized spacial score (nSPS) is 15.6. The lowest BCUT2D eigenvalue weighted by molar-refractivity contribution is 0.386. The van der Waals surface area contributed by atoms with Crippen molar-refractivity contribution in [2.24, 2.45) is 10.9 Å². The Morgan fingerprint density at radius 2 is 2.17 bits per heavy atom. The summed E-state index contributed by atoms with van der Waals surface area (Å²) in [6.07, 6.45) is 5.25. The summed E-state index contributed by atoms with van der Waals surface area (Å²) in [5.74, 6) is 1.62. The second kappa shape index (κ2) is 9.95. The molecule has 1 saturated carbocycles. The molecule has 0 bridgehead atoms. The van der Waals surface area contributed by atoms with Crippen molar-refractivity contribution in [2.75, 3.05) is 20.7 Å². The Balaban J connectivity index is 0.00000264. The van der Waals surface area contributed by atoms with Gasteiger partial charge in [0.15, 0.2) is 17.5 Å². The van der Waals surface area contributed by atoms with Gasteiger partial charge < -0.3 is 15.4 Å². The molecule has 1 aliphatic carbocycles. The van der Waals surface area contributed by atoms with Gasteiger partial charge >= 0.3 is 0 Å². The van der Waals surface area contributed by atoms with Gasteiger partial charge in [-0.3, -0.25) is 4.99 Å². The molecule has 0 heterocycles. The van der Waals surface area contributed by atoms with Crippen LogP contribution in [0.1, 0.15) is 44.2 Å². The summed E-state index contributed by atoms with van der Waals surface area (Å²) in [7, 11) is 3.21. The standard InChI is InChI=1S/C17H26FN3O.HI/c1-12(14-8-9-16(22-3)15(18)11-14)21-17(19-2)20-10-4-5-13-6-7-13;/h8-9,11-13H,4-7,10H2,1-3H3,(H2,19,20,21);1H. The van der Waals surface area contributed by atoms with E-state index in [-0.39, 0.29) is 41.6 Å². The van der Waals surface area contributed by atoms with Crippen molar-refractivity contribution >= 4 is 29.9 Å². The van der Waals surface area contributed by atoms with Crippen molar-refractivity contribution in [1.29, 1.82) is 0 Å². The minimum absolute atomic E-state index is 0. The van der Waals surface area contributed by atoms with E-state index in [0.29, 0.717) is 0 Å². The number of nitrogens with one attached hydrogen (secondary N) is 2. The van der Waals surface area contributed by atoms with Crippen LogP contribution in [0.5, 0.6) is 5.75 Å². The van der Waals surface area contributed by atoms with Crippen molar-refractivity contribution in [2.45, 2.75) is 38.6 Å². The van der Waals surface area contributed by atoms with Gasteiger partial charge in [0.2, 0.25) is 0 Å². The molecule has 0 aliphatic heterocycles. The molecule has 0 spiro atoms. The van der Waals surface area contributed by atoms with Crippen molar-refractivity contribution in [3.63, 3.8) is 0 Å². The minimum atomic E-state index is -0.346. The third kappa shape index (κ3) is 6.53. The Bertz CT molecular complexity index is 521. The molecule has 4 nitrogen and oxygen atoms in total. The number of ether oxygens (including phenoxy) is 1. The van der Waals surface area contributed by atoms with Gasteiger partial charge in [-0.2, -0.15) is 0 Å². The molecule has 1 atom stereocenters. The number of aliphatic imine (C=N–C) groups is 1. The molecule has 23 heavy (non-hydrogen) atoms. The summed E-state index contributed by atoms with van der Waals surface area (Å²) in [5, 5.41) is 6.59. The Kier molecular flexibility index (Phi) is 8.65. The topological polar surface area (TPSA) is 45.7 Å². The molecule has 6 heteroatoms. The zero-order valence-corrected chi connectivity index (χ0v) is 16.4. The summed E-state index contributed by atoms with van der Waals surface area (Å²) in [4.78, 5) is 4.22. The van der Waals surface area contributed by atoms with E-state index >= 15 is 0 Å². The van der Waals surface area contributed by atoms with Crippen LogP contribution in [0.25, 0.3) is 0 Å². The van der Waals surface area contributed by atoms with E-state index in [0.717, 1.165) is 30.4 Å². The quantitative estimate of drug-likeness (QED) is 0.296. The molecular weight excluding hydrogens is 408 g/mol. The summed E-state index contributed by atoms with van der Waals surface area (Å²) in [5.41, 5.74) is 0.860. The van der Waals surface area contributed by atoms with Crippen molar-refractivity contribution in [3.8, 4) is 5.75 Å². The number of methoxy groups -OCH3 is 1. The van der Waals surface area contributed by atoms with E-state index in [9.17, 15) is 4.39 Å². The van der Waals surface area contributed by atoms with E-state index in [1.807, 2.05) is 13.0 Å². The van der Waals surface area contributed by atoms with Crippen LogP contribution in [0, 0.1) is 11.7 Å². The van der Waals surface area contributed by atoms with Gasteiger partial charge in [0.25, 0.3) is 0 Å². The molecule has 2 N–H and O–H groups in total. The van der Waals surface area contributed by atoms with Gasteiger partial charge in [0, 0.05) is 13.6 Å². The number of hydrogen-bond donors (Lipinski definition) is 2. The third-order valence-electron chi connectivity index (χ3n) is 4.03. The first kappa shape index (κ1) is 20.0. The molecule has 1 aromatic carbocycles. The van der Waals surface area contributed by atoms with Crippen molar-refractivity contribution in [1.82, 2.24) is 10.6 Å². The van der Waals surface area contributed by atoms with Crippen LogP contribution >= 0.6 is 24.0 Å². The number of rotatable bonds is 7. The van der Waals surface area contributed by atoms with E-state index in [1.165, 1.54) is 32.4 Å². The molecule has 1 aliphatic rings. The Morgan fingerprint density at radius 3 is 2.74 bits per heavy atom. The highest BCUT2D eigenvalue weighted by atomic mass is 127. The second-order valence-corrected chi connectivity index (χ2v) is 5.84. The molecule has 130 valence electrons. The van der Waals surface area contributed by atoms with Crippen LogP contribution in [-0.2, 0) is 0 Å². The lowest BCUT2D eigenvalue weighted by Gasteiger charge is -2.18. The molecule has 0 aromatic heterocycles. The molecule has 2 rings (SSSR count). The van der Waals surface area contributed by atoms with Crippen LogP contribution in [0.2, 0.25) is 0 Å². The fourth-order valence-corrected chi connectivity index (χ4v) is 2.44. The predicted octanol–water partition coefficient (Wildman–Crippen LogP) is 3.87. The average molecular weight is 435 g/mol. The highest BCUT2D eigenvalue weighted by Gasteiger charge is 2.20. The second-order valence-electron chi connectivity index (χ2n) is 5.84. The first-order chi connectivity index (χ1) is 10.6. The number of nitrogens with zero attached hydrogens (tertiary/aromatic N) is 1. The highest BCUT2D eigenvalue weighted by Crippen LogP contribution is 2.33. The van der Waals surface area contributed by atoms with E-state index < -0.39 is 0 Å². The van der Waals surface area contributed by atoms with Crippen LogP contribution in [-0.4, -0.2) is 26.7 Å². The fourth-order valence-electron chi connectivity index (χ4n) is 2.44. The summed E-state index contributed by atoms with van der Waals surface area (Å²) in [6.45, 7) is 2.90. The number of halogens is 2. The first-order valence-electron chi connectivity index (χ1n) is 7.94. The van der Waals surface area contributed by atoms with Gasteiger partial charge in [-0.05, 0) is 43.4 Å². The largest absolute Gasteiger partial charge is 0.494 e. The predicted molar refractivity (Wildman–Crippen MR) is 103 cm³/mol. The number of benzene rings is 1. The summed E-state index contributed by atoms with van der Waals surface area (Å²) >= 11 is 0. The van der Waals surface area contributed by atoms with Gasteiger partial charge in [0.1, 0.15) is 0 Å². The van der Waals surface area contributed by atoms with Crippen LogP contribution in [0.15, 0.2) is 23.2 Å². The van der Waals surface area contributed by atoms with Crippen molar-refractivity contribution < 1.29 is 9.13 Å². The highest BCUT2D eigenvalue weighted by molar-refractivity contribution is 14.0. The van der Waals surface area contributed by atoms with Gasteiger partial charge in [-0.15, -0.1) is 24.0 Å². The first-order valence-corrected chi connectivity index (χ1v) is 7.94. The minimum Gasteiger partial charge on any atom is -0.494 e. The Hall–Kier alpha value is -1.05. The van der Waals surface area contributed by atoms with Gasteiger partial charge in [-0.25, -0.2) is 4.39 Å². The van der Waals surface area contributed by atoms with Gasteiger partial charge in [-0.1, -0.05) is 18.9 Å². The van der Waals surface area contributed by atoms with E-state index in [4.69, 9.17) is 4.74 Å². The zero-order valence-electron chi connectivity index (χ0n) is 14.1.